The lowest BCUT2D eigenvalue weighted by atomic mass is 10.1. The maximum atomic E-state index is 12.3. The topological polar surface area (TPSA) is 50.8 Å². The Balaban J connectivity index is 2.01. The molecule has 5 nitrogen and oxygen atoms in total. The van der Waals surface area contributed by atoms with Gasteiger partial charge in [0.25, 0.3) is 5.91 Å². The van der Waals surface area contributed by atoms with Gasteiger partial charge >= 0.3 is 0 Å². The first-order chi connectivity index (χ1) is 8.33. The van der Waals surface area contributed by atoms with Gasteiger partial charge in [0, 0.05) is 19.1 Å². The predicted octanol–water partition coefficient (Wildman–Crippen LogP) is 0.475. The normalized spacial score (nSPS) is 24.3. The summed E-state index contributed by atoms with van der Waals surface area (Å²) in [5.41, 5.74) is 0. The van der Waals surface area contributed by atoms with Crippen molar-refractivity contribution in [1.29, 1.82) is 0 Å². The molecule has 0 aliphatic carbocycles. The first-order valence-electron chi connectivity index (χ1n) is 6.29. The van der Waals surface area contributed by atoms with Crippen LogP contribution in [0.1, 0.15) is 19.8 Å². The Hall–Kier alpha value is -1.23. The van der Waals surface area contributed by atoms with Crippen LogP contribution in [0.25, 0.3) is 0 Å². The number of nitrogens with one attached hydrogen (secondary N) is 1. The number of hydrogen-bond acceptors (Lipinski definition) is 4. The number of ether oxygens (including phenoxy) is 2. The minimum atomic E-state index is -0.0547. The molecule has 1 amide bonds. The number of amides is 1. The van der Waals surface area contributed by atoms with Crippen molar-refractivity contribution >= 4 is 5.91 Å². The molecule has 0 spiro atoms. The SMILES string of the molecule is CCN(C(=O)C1=COCCO1)C1CCCNC1. The van der Waals surface area contributed by atoms with Crippen LogP contribution in [0, 0.1) is 0 Å². The molecule has 1 unspecified atom stereocenters. The van der Waals surface area contributed by atoms with E-state index in [0.717, 1.165) is 25.9 Å². The van der Waals surface area contributed by atoms with Gasteiger partial charge < -0.3 is 19.7 Å². The average Bonchev–Trinajstić information content (AvgIpc) is 2.42. The van der Waals surface area contributed by atoms with Crippen LogP contribution >= 0.6 is 0 Å². The molecule has 2 heterocycles. The van der Waals surface area contributed by atoms with Gasteiger partial charge in [0.05, 0.1) is 0 Å². The third-order valence-corrected chi connectivity index (χ3v) is 3.17. The van der Waals surface area contributed by atoms with Crippen molar-refractivity contribution in [1.82, 2.24) is 10.2 Å². The molecule has 0 aromatic heterocycles. The molecule has 2 aliphatic rings. The second-order valence-electron chi connectivity index (χ2n) is 4.29. The molecule has 0 aromatic rings. The standard InChI is InChI=1S/C12H20N2O3/c1-2-14(10-4-3-5-13-8-10)12(15)11-9-16-6-7-17-11/h9-10,13H,2-8H2,1H3. The fourth-order valence-electron chi connectivity index (χ4n) is 2.29. The minimum absolute atomic E-state index is 0.0547. The Morgan fingerprint density at radius 3 is 3.06 bits per heavy atom. The molecule has 1 atom stereocenters. The van der Waals surface area contributed by atoms with E-state index in [4.69, 9.17) is 9.47 Å². The van der Waals surface area contributed by atoms with E-state index >= 15 is 0 Å². The molecule has 0 aromatic carbocycles. The summed E-state index contributed by atoms with van der Waals surface area (Å²) < 4.78 is 10.5. The number of rotatable bonds is 3. The van der Waals surface area contributed by atoms with Gasteiger partial charge in [-0.3, -0.25) is 4.79 Å². The van der Waals surface area contributed by atoms with Crippen LogP contribution in [-0.4, -0.2) is 49.7 Å². The molecular formula is C12H20N2O3. The highest BCUT2D eigenvalue weighted by molar-refractivity contribution is 5.91. The van der Waals surface area contributed by atoms with E-state index in [1.54, 1.807) is 0 Å². The summed E-state index contributed by atoms with van der Waals surface area (Å²) in [4.78, 5) is 14.1. The number of carbonyl (C=O) groups is 1. The molecule has 1 fully saturated rings. The average molecular weight is 240 g/mol. The molecule has 17 heavy (non-hydrogen) atoms. The Morgan fingerprint density at radius 1 is 1.59 bits per heavy atom. The molecule has 1 N–H and O–H groups in total. The molecule has 96 valence electrons. The highest BCUT2D eigenvalue weighted by atomic mass is 16.6. The van der Waals surface area contributed by atoms with Crippen molar-refractivity contribution in [2.24, 2.45) is 0 Å². The second-order valence-corrected chi connectivity index (χ2v) is 4.29. The van der Waals surface area contributed by atoms with Crippen molar-refractivity contribution in [2.75, 3.05) is 32.8 Å². The highest BCUT2D eigenvalue weighted by Gasteiger charge is 2.28. The number of piperidine rings is 1. The molecule has 2 rings (SSSR count). The lowest BCUT2D eigenvalue weighted by Gasteiger charge is -2.34. The summed E-state index contributed by atoms with van der Waals surface area (Å²) in [6, 6.07) is 0.271. The highest BCUT2D eigenvalue weighted by Crippen LogP contribution is 2.15. The second kappa shape index (κ2) is 5.91. The molecule has 0 saturated carbocycles. The van der Waals surface area contributed by atoms with E-state index in [-0.39, 0.29) is 11.9 Å². The van der Waals surface area contributed by atoms with Crippen LogP contribution in [0.5, 0.6) is 0 Å². The fourth-order valence-corrected chi connectivity index (χ4v) is 2.29. The van der Waals surface area contributed by atoms with Crippen molar-refractivity contribution < 1.29 is 14.3 Å². The van der Waals surface area contributed by atoms with Crippen molar-refractivity contribution in [3.8, 4) is 0 Å². The maximum Gasteiger partial charge on any atom is 0.292 e. The smallest absolute Gasteiger partial charge is 0.292 e. The zero-order chi connectivity index (χ0) is 12.1. The zero-order valence-electron chi connectivity index (χ0n) is 10.3. The number of carbonyl (C=O) groups excluding carboxylic acids is 1. The summed E-state index contributed by atoms with van der Waals surface area (Å²) in [5.74, 6) is 0.282. The van der Waals surface area contributed by atoms with Crippen LogP contribution in [0.2, 0.25) is 0 Å². The fraction of sp³-hybridized carbons (Fsp3) is 0.750. The van der Waals surface area contributed by atoms with Gasteiger partial charge in [-0.05, 0) is 26.3 Å². The summed E-state index contributed by atoms with van der Waals surface area (Å²) in [6.45, 7) is 5.59. The Bertz CT molecular complexity index is 298. The third kappa shape index (κ3) is 2.91. The summed E-state index contributed by atoms with van der Waals surface area (Å²) >= 11 is 0. The molecule has 0 radical (unpaired) electrons. The Morgan fingerprint density at radius 2 is 2.47 bits per heavy atom. The van der Waals surface area contributed by atoms with Gasteiger partial charge in [-0.25, -0.2) is 0 Å². The quantitative estimate of drug-likeness (QED) is 0.779. The first-order valence-corrected chi connectivity index (χ1v) is 6.29. The predicted molar refractivity (Wildman–Crippen MR) is 63.3 cm³/mol. The van der Waals surface area contributed by atoms with Crippen molar-refractivity contribution in [2.45, 2.75) is 25.8 Å². The summed E-state index contributed by atoms with van der Waals surface area (Å²) in [7, 11) is 0. The van der Waals surface area contributed by atoms with E-state index < -0.39 is 0 Å². The van der Waals surface area contributed by atoms with Crippen LogP contribution in [0.15, 0.2) is 12.0 Å². The third-order valence-electron chi connectivity index (χ3n) is 3.17. The lowest BCUT2D eigenvalue weighted by Crippen LogP contribution is -2.49. The molecule has 1 saturated heterocycles. The van der Waals surface area contributed by atoms with Gasteiger partial charge in [-0.1, -0.05) is 0 Å². The van der Waals surface area contributed by atoms with Gasteiger partial charge in [-0.2, -0.15) is 0 Å². The van der Waals surface area contributed by atoms with Crippen molar-refractivity contribution in [3.05, 3.63) is 12.0 Å². The largest absolute Gasteiger partial charge is 0.494 e. The molecule has 2 aliphatic heterocycles. The summed E-state index contributed by atoms with van der Waals surface area (Å²) in [5, 5.41) is 3.32. The number of hydrogen-bond donors (Lipinski definition) is 1. The van der Waals surface area contributed by atoms with Gasteiger partial charge in [0.1, 0.15) is 19.5 Å². The van der Waals surface area contributed by atoms with E-state index in [9.17, 15) is 4.79 Å². The monoisotopic (exact) mass is 240 g/mol. The Kier molecular flexibility index (Phi) is 4.25. The molecule has 0 bridgehead atoms. The van der Waals surface area contributed by atoms with E-state index in [2.05, 4.69) is 5.32 Å². The van der Waals surface area contributed by atoms with Crippen molar-refractivity contribution in [3.63, 3.8) is 0 Å². The first kappa shape index (κ1) is 12.2. The summed E-state index contributed by atoms with van der Waals surface area (Å²) in [6.07, 6.45) is 3.61. The molecular weight excluding hydrogens is 220 g/mol. The molecule has 5 heteroatoms. The Labute approximate surface area is 102 Å². The number of likely N-dealkylation sites (N-methyl/N-ethyl adjacent to an activating group) is 1. The maximum absolute atomic E-state index is 12.3. The van der Waals surface area contributed by atoms with Crippen LogP contribution in [-0.2, 0) is 14.3 Å². The van der Waals surface area contributed by atoms with Crippen LogP contribution in [0.3, 0.4) is 0 Å². The van der Waals surface area contributed by atoms with Gasteiger partial charge in [0.15, 0.2) is 0 Å². The lowest BCUT2D eigenvalue weighted by molar-refractivity contribution is -0.134. The zero-order valence-corrected chi connectivity index (χ0v) is 10.3. The van der Waals surface area contributed by atoms with Crippen LogP contribution < -0.4 is 5.32 Å². The van der Waals surface area contributed by atoms with E-state index in [1.807, 2.05) is 11.8 Å². The van der Waals surface area contributed by atoms with Crippen LogP contribution in [0.4, 0.5) is 0 Å². The number of nitrogens with zero attached hydrogens (tertiary/aromatic N) is 1. The minimum Gasteiger partial charge on any atom is -0.494 e. The van der Waals surface area contributed by atoms with E-state index in [1.165, 1.54) is 6.26 Å². The van der Waals surface area contributed by atoms with Gasteiger partial charge in [0.2, 0.25) is 5.76 Å². The van der Waals surface area contributed by atoms with Gasteiger partial charge in [-0.15, -0.1) is 0 Å². The van der Waals surface area contributed by atoms with E-state index in [0.29, 0.717) is 25.5 Å².